The molecule has 0 atom stereocenters. The van der Waals surface area contributed by atoms with Gasteiger partial charge in [0.1, 0.15) is 0 Å². The molecular weight excluding hydrogens is 871 g/mol. The van der Waals surface area contributed by atoms with Crippen molar-refractivity contribution >= 4 is 77.5 Å². The lowest BCUT2D eigenvalue weighted by molar-refractivity contribution is 1.18. The van der Waals surface area contributed by atoms with Crippen molar-refractivity contribution in [3.63, 3.8) is 0 Å². The molecule has 0 aliphatic carbocycles. The Morgan fingerprint density at radius 1 is 0.306 bits per heavy atom. The van der Waals surface area contributed by atoms with Crippen LogP contribution in [-0.2, 0) is 0 Å². The van der Waals surface area contributed by atoms with Crippen LogP contribution in [0.4, 0.5) is 34.1 Å². The van der Waals surface area contributed by atoms with Crippen LogP contribution in [0.3, 0.4) is 0 Å². The summed E-state index contributed by atoms with van der Waals surface area (Å²) in [6, 6.07) is 101. The van der Waals surface area contributed by atoms with Crippen molar-refractivity contribution in [1.29, 1.82) is 0 Å². The fraction of sp³-hybridized carbons (Fsp3) is 0.0145. The van der Waals surface area contributed by atoms with Gasteiger partial charge in [-0.1, -0.05) is 200 Å². The molecule has 3 heteroatoms. The highest BCUT2D eigenvalue weighted by atomic mass is 15.1. The molecule has 340 valence electrons. The highest BCUT2D eigenvalue weighted by molar-refractivity contribution is 6.19. The quantitative estimate of drug-likeness (QED) is 0.135. The van der Waals surface area contributed by atoms with E-state index in [1.165, 1.54) is 60.1 Å². The summed E-state index contributed by atoms with van der Waals surface area (Å²) < 4.78 is 2.52. The summed E-state index contributed by atoms with van der Waals surface area (Å²) in [6.07, 6.45) is 0. The first-order valence-electron chi connectivity index (χ1n) is 24.8. The number of benzene rings is 12. The monoisotopic (exact) mass is 919 g/mol. The van der Waals surface area contributed by atoms with Crippen molar-refractivity contribution in [1.82, 2.24) is 4.57 Å². The first-order valence-corrected chi connectivity index (χ1v) is 24.8. The summed E-state index contributed by atoms with van der Waals surface area (Å²) in [7, 11) is 0. The number of hydrogen-bond acceptors (Lipinski definition) is 2. The molecule has 13 rings (SSSR count). The molecule has 1 heterocycles. The molecule has 0 unspecified atom stereocenters. The van der Waals surface area contributed by atoms with Crippen LogP contribution in [0.5, 0.6) is 0 Å². The van der Waals surface area contributed by atoms with Crippen LogP contribution >= 0.6 is 0 Å². The van der Waals surface area contributed by atoms with Gasteiger partial charge < -0.3 is 14.4 Å². The number of anilines is 6. The van der Waals surface area contributed by atoms with Crippen LogP contribution in [0.2, 0.25) is 0 Å². The number of hydrogen-bond donors (Lipinski definition) is 0. The number of para-hydroxylation sites is 5. The average Bonchev–Trinajstić information content (AvgIpc) is 3.79. The van der Waals surface area contributed by atoms with Gasteiger partial charge in [-0.05, 0) is 130 Å². The van der Waals surface area contributed by atoms with E-state index < -0.39 is 0 Å². The maximum absolute atomic E-state index is 2.52. The van der Waals surface area contributed by atoms with Gasteiger partial charge >= 0.3 is 0 Å². The molecule has 12 aromatic carbocycles. The third-order valence-corrected chi connectivity index (χ3v) is 14.3. The molecule has 0 N–H and O–H groups in total. The molecule has 0 radical (unpaired) electrons. The first-order chi connectivity index (χ1) is 35.7. The fourth-order valence-electron chi connectivity index (χ4n) is 10.9. The van der Waals surface area contributed by atoms with Crippen LogP contribution in [0.15, 0.2) is 279 Å². The maximum Gasteiger partial charge on any atom is 0.0619 e. The van der Waals surface area contributed by atoms with Gasteiger partial charge in [-0.3, -0.25) is 0 Å². The molecular formula is C69H49N3. The van der Waals surface area contributed by atoms with Crippen LogP contribution in [-0.4, -0.2) is 4.57 Å². The lowest BCUT2D eigenvalue weighted by atomic mass is 9.92. The second-order valence-corrected chi connectivity index (χ2v) is 18.5. The van der Waals surface area contributed by atoms with Crippen LogP contribution < -0.4 is 9.80 Å². The standard InChI is InChI=1S/C69H49N3/c1-48-34-42-58(47-64(48)68-60-31-16-14-20-50(60)41-45-66(68)71(56-26-10-4-11-27-56)57-28-12-5-13-29-57)72-67-46-53(40-43-62(67)63-44-39-51-21-15-17-32-61(51)69(63)72)49-35-37-52(38-36-49)59-30-18-19-33-65(59)70(54-22-6-2-7-23-54)55-24-8-3-9-25-55/h2-47H,1H3. The normalized spacial score (nSPS) is 11.4. The Hall–Kier alpha value is -9.44. The molecule has 13 aromatic rings. The van der Waals surface area contributed by atoms with E-state index in [4.69, 9.17) is 0 Å². The van der Waals surface area contributed by atoms with E-state index in [1.54, 1.807) is 0 Å². The van der Waals surface area contributed by atoms with E-state index >= 15 is 0 Å². The Morgan fingerprint density at radius 3 is 1.43 bits per heavy atom. The number of aromatic nitrogens is 1. The molecule has 0 saturated carbocycles. The van der Waals surface area contributed by atoms with Crippen molar-refractivity contribution in [2.75, 3.05) is 9.80 Å². The number of aryl methyl sites for hydroxylation is 1. The topological polar surface area (TPSA) is 11.4 Å². The van der Waals surface area contributed by atoms with Crippen molar-refractivity contribution < 1.29 is 0 Å². The summed E-state index contributed by atoms with van der Waals surface area (Å²) >= 11 is 0. The first kappa shape index (κ1) is 42.6. The molecule has 72 heavy (non-hydrogen) atoms. The van der Waals surface area contributed by atoms with Gasteiger partial charge in [0.2, 0.25) is 0 Å². The third kappa shape index (κ3) is 7.47. The summed E-state index contributed by atoms with van der Waals surface area (Å²) in [6.45, 7) is 2.25. The Bertz CT molecular complexity index is 4010. The predicted octanol–water partition coefficient (Wildman–Crippen LogP) is 19.3. The van der Waals surface area contributed by atoms with E-state index in [2.05, 4.69) is 300 Å². The Morgan fingerprint density at radius 2 is 0.792 bits per heavy atom. The van der Waals surface area contributed by atoms with Crippen molar-refractivity contribution in [2.24, 2.45) is 0 Å². The SMILES string of the molecule is Cc1ccc(-n2c3cc(-c4ccc(-c5ccccc5N(c5ccccc5)c5ccccc5)cc4)ccc3c3ccc4ccccc4c32)cc1-c1c(N(c2ccccc2)c2ccccc2)ccc2ccccc12. The summed E-state index contributed by atoms with van der Waals surface area (Å²) in [5, 5.41) is 7.31. The second kappa shape index (κ2) is 18.1. The van der Waals surface area contributed by atoms with Crippen molar-refractivity contribution in [2.45, 2.75) is 6.92 Å². The smallest absolute Gasteiger partial charge is 0.0619 e. The Kier molecular flexibility index (Phi) is 10.7. The van der Waals surface area contributed by atoms with Gasteiger partial charge in [0, 0.05) is 55.7 Å². The van der Waals surface area contributed by atoms with Gasteiger partial charge in [0.15, 0.2) is 0 Å². The van der Waals surface area contributed by atoms with E-state index in [0.717, 1.165) is 62.0 Å². The van der Waals surface area contributed by atoms with Crippen LogP contribution in [0.25, 0.3) is 82.4 Å². The summed E-state index contributed by atoms with van der Waals surface area (Å²) in [5.74, 6) is 0. The molecule has 0 aliphatic heterocycles. The van der Waals surface area contributed by atoms with Crippen molar-refractivity contribution in [3.8, 4) is 39.1 Å². The maximum atomic E-state index is 2.52. The summed E-state index contributed by atoms with van der Waals surface area (Å²) in [4.78, 5) is 4.75. The lowest BCUT2D eigenvalue weighted by Crippen LogP contribution is -2.11. The van der Waals surface area contributed by atoms with Gasteiger partial charge in [-0.15, -0.1) is 0 Å². The van der Waals surface area contributed by atoms with E-state index in [1.807, 2.05) is 0 Å². The van der Waals surface area contributed by atoms with Gasteiger partial charge in [0.05, 0.1) is 22.4 Å². The second-order valence-electron chi connectivity index (χ2n) is 18.5. The van der Waals surface area contributed by atoms with Crippen LogP contribution in [0.1, 0.15) is 5.56 Å². The molecule has 1 aromatic heterocycles. The zero-order chi connectivity index (χ0) is 48.0. The zero-order valence-electron chi connectivity index (χ0n) is 39.9. The molecule has 0 amide bonds. The Balaban J connectivity index is 0.982. The molecule has 0 spiro atoms. The highest BCUT2D eigenvalue weighted by Gasteiger charge is 2.23. The average molecular weight is 920 g/mol. The van der Waals surface area contributed by atoms with Gasteiger partial charge in [0.25, 0.3) is 0 Å². The minimum atomic E-state index is 1.11. The number of rotatable bonds is 10. The highest BCUT2D eigenvalue weighted by Crippen LogP contribution is 2.47. The number of fused-ring (bicyclic) bond motifs is 6. The summed E-state index contributed by atoms with van der Waals surface area (Å²) in [5.41, 5.74) is 18.4. The van der Waals surface area contributed by atoms with Crippen LogP contribution in [0, 0.1) is 6.92 Å². The molecule has 0 fully saturated rings. The third-order valence-electron chi connectivity index (χ3n) is 14.3. The number of nitrogens with zero attached hydrogens (tertiary/aromatic N) is 3. The molecule has 0 aliphatic rings. The van der Waals surface area contributed by atoms with E-state index in [-0.39, 0.29) is 0 Å². The molecule has 3 nitrogen and oxygen atoms in total. The van der Waals surface area contributed by atoms with Crippen molar-refractivity contribution in [3.05, 3.63) is 285 Å². The lowest BCUT2D eigenvalue weighted by Gasteiger charge is -2.29. The van der Waals surface area contributed by atoms with E-state index in [9.17, 15) is 0 Å². The Labute approximate surface area is 420 Å². The van der Waals surface area contributed by atoms with Gasteiger partial charge in [-0.25, -0.2) is 0 Å². The fourth-order valence-corrected chi connectivity index (χ4v) is 10.9. The molecule has 0 bridgehead atoms. The predicted molar refractivity (Wildman–Crippen MR) is 306 cm³/mol. The molecule has 0 saturated heterocycles. The van der Waals surface area contributed by atoms with Gasteiger partial charge in [-0.2, -0.15) is 0 Å². The largest absolute Gasteiger partial charge is 0.310 e. The minimum absolute atomic E-state index is 1.11. The minimum Gasteiger partial charge on any atom is -0.310 e. The van der Waals surface area contributed by atoms with E-state index in [0.29, 0.717) is 0 Å². The zero-order valence-corrected chi connectivity index (χ0v) is 39.9.